The third kappa shape index (κ3) is 2.85. The van der Waals surface area contributed by atoms with E-state index in [0.717, 1.165) is 38.6 Å². The molecular weight excluding hydrogens is 296 g/mol. The number of fused-ring (bicyclic) bond motifs is 1. The fourth-order valence-electron chi connectivity index (χ4n) is 3.96. The summed E-state index contributed by atoms with van der Waals surface area (Å²) in [7, 11) is 0. The van der Waals surface area contributed by atoms with Crippen LogP contribution >= 0.6 is 0 Å². The quantitative estimate of drug-likeness (QED) is 0.733. The van der Waals surface area contributed by atoms with Crippen molar-refractivity contribution in [2.24, 2.45) is 5.41 Å². The lowest BCUT2D eigenvalue weighted by Crippen LogP contribution is -2.50. The maximum Gasteiger partial charge on any atom is 0.328 e. The van der Waals surface area contributed by atoms with Crippen LogP contribution in [0.25, 0.3) is 0 Å². The summed E-state index contributed by atoms with van der Waals surface area (Å²) < 4.78 is 1.43. The lowest BCUT2D eigenvalue weighted by Gasteiger charge is -2.37. The molecule has 0 aromatic carbocycles. The molecule has 3 rings (SSSR count). The number of carbonyl (C=O) groups excluding carboxylic acids is 1. The van der Waals surface area contributed by atoms with Gasteiger partial charge in [0.05, 0.1) is 11.0 Å². The summed E-state index contributed by atoms with van der Waals surface area (Å²) in [5, 5.41) is 6.37. The van der Waals surface area contributed by atoms with E-state index >= 15 is 0 Å². The van der Waals surface area contributed by atoms with E-state index in [4.69, 9.17) is 0 Å². The minimum atomic E-state index is -0.428. The normalized spacial score (nSPS) is 26.7. The molecule has 126 valence electrons. The van der Waals surface area contributed by atoms with Crippen molar-refractivity contribution < 1.29 is 4.79 Å². The molecule has 1 aliphatic heterocycles. The van der Waals surface area contributed by atoms with Crippen molar-refractivity contribution >= 4 is 5.91 Å². The number of hydrogen-bond donors (Lipinski definition) is 3. The van der Waals surface area contributed by atoms with E-state index in [1.165, 1.54) is 10.8 Å². The Morgan fingerprint density at radius 1 is 1.39 bits per heavy atom. The van der Waals surface area contributed by atoms with Gasteiger partial charge in [0, 0.05) is 25.3 Å². The zero-order chi connectivity index (χ0) is 16.4. The van der Waals surface area contributed by atoms with Gasteiger partial charge >= 0.3 is 5.69 Å². The van der Waals surface area contributed by atoms with Gasteiger partial charge in [-0.3, -0.25) is 14.6 Å². The maximum atomic E-state index is 12.8. The highest BCUT2D eigenvalue weighted by Gasteiger charge is 2.49. The number of carbonyl (C=O) groups is 1. The molecule has 7 nitrogen and oxygen atoms in total. The Labute approximate surface area is 134 Å². The van der Waals surface area contributed by atoms with Crippen LogP contribution in [0, 0.1) is 5.41 Å². The monoisotopic (exact) mass is 320 g/mol. The maximum absolute atomic E-state index is 12.8. The second-order valence-electron chi connectivity index (χ2n) is 6.54. The first-order valence-electron chi connectivity index (χ1n) is 8.41. The van der Waals surface area contributed by atoms with Crippen molar-refractivity contribution in [2.45, 2.75) is 58.2 Å². The van der Waals surface area contributed by atoms with E-state index in [2.05, 4.69) is 15.6 Å². The van der Waals surface area contributed by atoms with Crippen molar-refractivity contribution in [2.75, 3.05) is 6.54 Å². The molecule has 23 heavy (non-hydrogen) atoms. The van der Waals surface area contributed by atoms with Crippen LogP contribution < -0.4 is 21.9 Å². The molecule has 0 unspecified atom stereocenters. The first-order chi connectivity index (χ1) is 11.1. The smallest absolute Gasteiger partial charge is 0.328 e. The van der Waals surface area contributed by atoms with Crippen LogP contribution in [0.4, 0.5) is 0 Å². The first kappa shape index (κ1) is 16.0. The highest BCUT2D eigenvalue weighted by Crippen LogP contribution is 2.42. The first-order valence-corrected chi connectivity index (χ1v) is 8.41. The number of hydrogen-bond acceptors (Lipinski definition) is 4. The third-order valence-corrected chi connectivity index (χ3v) is 5.31. The largest absolute Gasteiger partial charge is 0.351 e. The van der Waals surface area contributed by atoms with Gasteiger partial charge in [-0.2, -0.15) is 0 Å². The Balaban J connectivity index is 1.74. The molecule has 1 amide bonds. The molecule has 0 bridgehead atoms. The predicted octanol–water partition coefficient (Wildman–Crippen LogP) is 0.0950. The molecule has 2 aliphatic rings. The van der Waals surface area contributed by atoms with Crippen molar-refractivity contribution in [1.29, 1.82) is 0 Å². The second kappa shape index (κ2) is 6.31. The van der Waals surface area contributed by atoms with Gasteiger partial charge in [0.25, 0.3) is 5.56 Å². The minimum Gasteiger partial charge on any atom is -0.351 e. The SMILES string of the molecule is CCn1cc(CNC(=O)[C@@]23CCCC[C@@H]2NCC3)c(=O)[nH]c1=O. The number of rotatable bonds is 4. The number of aromatic amines is 1. The molecule has 2 atom stereocenters. The third-order valence-electron chi connectivity index (χ3n) is 5.31. The van der Waals surface area contributed by atoms with Gasteiger partial charge in [-0.25, -0.2) is 4.79 Å². The molecule has 2 fully saturated rings. The number of nitrogens with one attached hydrogen (secondary N) is 3. The summed E-state index contributed by atoms with van der Waals surface area (Å²) in [5.74, 6) is 0.0286. The van der Waals surface area contributed by atoms with Crippen LogP contribution in [0.5, 0.6) is 0 Å². The van der Waals surface area contributed by atoms with E-state index in [-0.39, 0.29) is 23.9 Å². The van der Waals surface area contributed by atoms with E-state index in [0.29, 0.717) is 12.1 Å². The molecular formula is C16H24N4O3. The van der Waals surface area contributed by atoms with Gasteiger partial charge < -0.3 is 15.2 Å². The molecule has 1 aliphatic carbocycles. The Morgan fingerprint density at radius 3 is 3.00 bits per heavy atom. The topological polar surface area (TPSA) is 96.0 Å². The fraction of sp³-hybridized carbons (Fsp3) is 0.688. The summed E-state index contributed by atoms with van der Waals surface area (Å²) in [6.07, 6.45) is 6.56. The molecule has 7 heteroatoms. The number of nitrogens with zero attached hydrogens (tertiary/aromatic N) is 1. The summed E-state index contributed by atoms with van der Waals surface area (Å²) in [5.41, 5.74) is -0.764. The molecule has 3 N–H and O–H groups in total. The predicted molar refractivity (Wildman–Crippen MR) is 86.2 cm³/mol. The van der Waals surface area contributed by atoms with Crippen molar-refractivity contribution in [3.63, 3.8) is 0 Å². The van der Waals surface area contributed by atoms with Gasteiger partial charge in [0.1, 0.15) is 0 Å². The molecule has 1 aromatic rings. The van der Waals surface area contributed by atoms with Crippen molar-refractivity contribution in [3.8, 4) is 0 Å². The molecule has 1 saturated heterocycles. The van der Waals surface area contributed by atoms with Gasteiger partial charge in [0.2, 0.25) is 5.91 Å². The average Bonchev–Trinajstić information content (AvgIpc) is 2.99. The Hall–Kier alpha value is -1.89. The van der Waals surface area contributed by atoms with Crippen LogP contribution in [-0.2, 0) is 17.9 Å². The molecule has 0 radical (unpaired) electrons. The van der Waals surface area contributed by atoms with E-state index in [1.54, 1.807) is 0 Å². The van der Waals surface area contributed by atoms with E-state index in [9.17, 15) is 14.4 Å². The second-order valence-corrected chi connectivity index (χ2v) is 6.54. The Morgan fingerprint density at radius 2 is 2.22 bits per heavy atom. The van der Waals surface area contributed by atoms with Crippen LogP contribution in [0.2, 0.25) is 0 Å². The highest BCUT2D eigenvalue weighted by molar-refractivity contribution is 5.84. The molecule has 2 heterocycles. The standard InChI is InChI=1S/C16H24N4O3/c1-2-20-10-11(13(21)19-15(20)23)9-18-14(22)16-6-4-3-5-12(16)17-8-7-16/h10,12,17H,2-9H2,1H3,(H,18,22)(H,19,21,23)/t12-,16+/m0/s1. The number of aryl methyl sites for hydroxylation is 1. The van der Waals surface area contributed by atoms with Gasteiger partial charge in [0.15, 0.2) is 0 Å². The van der Waals surface area contributed by atoms with Gasteiger partial charge in [-0.15, -0.1) is 0 Å². The van der Waals surface area contributed by atoms with Crippen LogP contribution in [-0.4, -0.2) is 28.0 Å². The Bertz CT molecular complexity index is 708. The summed E-state index contributed by atoms with van der Waals surface area (Å²) in [6, 6.07) is 0.249. The van der Waals surface area contributed by atoms with Gasteiger partial charge in [-0.05, 0) is 32.7 Å². The highest BCUT2D eigenvalue weighted by atomic mass is 16.2. The van der Waals surface area contributed by atoms with Crippen LogP contribution in [0.3, 0.4) is 0 Å². The summed E-state index contributed by atoms with van der Waals surface area (Å²) in [4.78, 5) is 38.5. The molecule has 1 saturated carbocycles. The number of aromatic nitrogens is 2. The zero-order valence-corrected chi connectivity index (χ0v) is 13.5. The van der Waals surface area contributed by atoms with E-state index in [1.807, 2.05) is 6.92 Å². The fourth-order valence-corrected chi connectivity index (χ4v) is 3.96. The molecule has 0 spiro atoms. The lowest BCUT2D eigenvalue weighted by molar-refractivity contribution is -0.133. The molecule has 1 aromatic heterocycles. The average molecular weight is 320 g/mol. The number of amides is 1. The lowest BCUT2D eigenvalue weighted by atomic mass is 9.70. The zero-order valence-electron chi connectivity index (χ0n) is 13.5. The summed E-state index contributed by atoms with van der Waals surface area (Å²) in [6.45, 7) is 3.34. The summed E-state index contributed by atoms with van der Waals surface area (Å²) >= 11 is 0. The van der Waals surface area contributed by atoms with Crippen molar-refractivity contribution in [1.82, 2.24) is 20.2 Å². The Kier molecular flexibility index (Phi) is 4.39. The van der Waals surface area contributed by atoms with Crippen LogP contribution in [0.15, 0.2) is 15.8 Å². The number of H-pyrrole nitrogens is 1. The van der Waals surface area contributed by atoms with Crippen molar-refractivity contribution in [3.05, 3.63) is 32.6 Å². The minimum absolute atomic E-state index is 0.0286. The van der Waals surface area contributed by atoms with Crippen LogP contribution in [0.1, 0.15) is 44.6 Å². The van der Waals surface area contributed by atoms with Gasteiger partial charge in [-0.1, -0.05) is 12.8 Å². The van der Waals surface area contributed by atoms with E-state index < -0.39 is 11.2 Å².